The van der Waals surface area contributed by atoms with Gasteiger partial charge in [-0.25, -0.2) is 0 Å². The van der Waals surface area contributed by atoms with E-state index >= 15 is 0 Å². The lowest BCUT2D eigenvalue weighted by Gasteiger charge is -2.30. The topological polar surface area (TPSA) is 49.4 Å². The van der Waals surface area contributed by atoms with Gasteiger partial charge in [0.2, 0.25) is 11.8 Å². The van der Waals surface area contributed by atoms with Crippen LogP contribution in [0.4, 0.5) is 0 Å². The van der Waals surface area contributed by atoms with Crippen molar-refractivity contribution in [3.63, 3.8) is 0 Å². The van der Waals surface area contributed by atoms with Crippen molar-refractivity contribution < 1.29 is 9.59 Å². The van der Waals surface area contributed by atoms with Gasteiger partial charge in [0, 0.05) is 12.6 Å². The molecule has 0 aliphatic carbocycles. The van der Waals surface area contributed by atoms with Gasteiger partial charge in [0.15, 0.2) is 0 Å². The van der Waals surface area contributed by atoms with Crippen molar-refractivity contribution in [3.8, 4) is 0 Å². The molecule has 28 heavy (non-hydrogen) atoms. The van der Waals surface area contributed by atoms with E-state index in [4.69, 9.17) is 0 Å². The molecule has 0 spiro atoms. The normalized spacial score (nSPS) is 12.9. The van der Waals surface area contributed by atoms with Crippen molar-refractivity contribution in [2.45, 2.75) is 66.1 Å². The molecular formula is C24H32N2O2. The highest BCUT2D eigenvalue weighted by molar-refractivity contribution is 5.88. The summed E-state index contributed by atoms with van der Waals surface area (Å²) in [4.78, 5) is 27.5. The molecule has 2 atom stereocenters. The minimum atomic E-state index is -0.535. The minimum Gasteiger partial charge on any atom is -0.352 e. The van der Waals surface area contributed by atoms with Crippen LogP contribution >= 0.6 is 0 Å². The third kappa shape index (κ3) is 6.22. The summed E-state index contributed by atoms with van der Waals surface area (Å²) < 4.78 is 0. The van der Waals surface area contributed by atoms with Crippen LogP contribution in [-0.2, 0) is 22.6 Å². The van der Waals surface area contributed by atoms with Crippen LogP contribution in [0, 0.1) is 13.8 Å². The fourth-order valence-electron chi connectivity index (χ4n) is 3.04. The molecule has 4 nitrogen and oxygen atoms in total. The Hall–Kier alpha value is -2.62. The zero-order valence-corrected chi connectivity index (χ0v) is 17.7. The Bertz CT molecular complexity index is 799. The quantitative estimate of drug-likeness (QED) is 0.747. The van der Waals surface area contributed by atoms with E-state index in [1.165, 1.54) is 5.56 Å². The second-order valence-corrected chi connectivity index (χ2v) is 7.67. The lowest BCUT2D eigenvalue weighted by molar-refractivity contribution is -0.140. The Balaban J connectivity index is 2.22. The predicted octanol–water partition coefficient (Wildman–Crippen LogP) is 4.18. The number of carbonyl (C=O) groups excluding carboxylic acids is 2. The molecule has 0 saturated carbocycles. The van der Waals surface area contributed by atoms with Gasteiger partial charge < -0.3 is 10.2 Å². The first-order valence-corrected chi connectivity index (χ1v) is 10.0. The second kappa shape index (κ2) is 10.1. The Morgan fingerprint density at radius 2 is 1.64 bits per heavy atom. The Morgan fingerprint density at radius 1 is 0.964 bits per heavy atom. The van der Waals surface area contributed by atoms with Crippen LogP contribution in [0.5, 0.6) is 0 Å². The molecule has 0 bridgehead atoms. The summed E-state index contributed by atoms with van der Waals surface area (Å²) in [5.41, 5.74) is 4.28. The molecule has 2 amide bonds. The Morgan fingerprint density at radius 3 is 2.25 bits per heavy atom. The largest absolute Gasteiger partial charge is 0.352 e. The fourth-order valence-corrected chi connectivity index (χ4v) is 3.04. The van der Waals surface area contributed by atoms with E-state index in [1.807, 2.05) is 76.2 Å². The molecule has 1 N–H and O–H groups in total. The molecule has 2 aromatic rings. The molecule has 0 radical (unpaired) electrons. The summed E-state index contributed by atoms with van der Waals surface area (Å²) in [6.07, 6.45) is 1.14. The van der Waals surface area contributed by atoms with Crippen molar-refractivity contribution in [2.75, 3.05) is 0 Å². The lowest BCUT2D eigenvalue weighted by Crippen LogP contribution is -2.49. The standard InChI is InChI=1S/C24H32N2O2/c1-6-19(4)25-24(28)20(5)26(16-21-12-10-17(2)11-13-21)23(27)15-22-9-7-8-18(3)14-22/h7-14,19-20H,6,15-16H2,1-5H3,(H,25,28)/t19-,20-/m0/s1. The van der Waals surface area contributed by atoms with Gasteiger partial charge in [-0.15, -0.1) is 0 Å². The van der Waals surface area contributed by atoms with Gasteiger partial charge >= 0.3 is 0 Å². The number of benzene rings is 2. The molecule has 0 fully saturated rings. The average molecular weight is 381 g/mol. The minimum absolute atomic E-state index is 0.0435. The number of amides is 2. The molecule has 0 aliphatic heterocycles. The van der Waals surface area contributed by atoms with Crippen LogP contribution in [0.3, 0.4) is 0 Å². The van der Waals surface area contributed by atoms with Crippen LogP contribution in [0.25, 0.3) is 0 Å². The summed E-state index contributed by atoms with van der Waals surface area (Å²) in [5, 5.41) is 3.00. The third-order valence-corrected chi connectivity index (χ3v) is 5.08. The number of nitrogens with zero attached hydrogens (tertiary/aromatic N) is 1. The van der Waals surface area contributed by atoms with Gasteiger partial charge in [-0.2, -0.15) is 0 Å². The first kappa shape index (κ1) is 21.7. The maximum absolute atomic E-state index is 13.1. The average Bonchev–Trinajstić information content (AvgIpc) is 2.66. The van der Waals surface area contributed by atoms with Crippen LogP contribution in [0.15, 0.2) is 48.5 Å². The van der Waals surface area contributed by atoms with Crippen molar-refractivity contribution in [1.82, 2.24) is 10.2 Å². The predicted molar refractivity (Wildman–Crippen MR) is 114 cm³/mol. The second-order valence-electron chi connectivity index (χ2n) is 7.67. The lowest BCUT2D eigenvalue weighted by atomic mass is 10.1. The summed E-state index contributed by atoms with van der Waals surface area (Å²) in [6, 6.07) is 15.6. The summed E-state index contributed by atoms with van der Waals surface area (Å²) in [6.45, 7) is 10.3. The van der Waals surface area contributed by atoms with Crippen LogP contribution in [-0.4, -0.2) is 28.8 Å². The molecule has 0 unspecified atom stereocenters. The molecule has 2 aromatic carbocycles. The van der Waals surface area contributed by atoms with Crippen LogP contribution in [0.2, 0.25) is 0 Å². The maximum Gasteiger partial charge on any atom is 0.242 e. The highest BCUT2D eigenvalue weighted by Crippen LogP contribution is 2.14. The number of hydrogen-bond acceptors (Lipinski definition) is 2. The van der Waals surface area contributed by atoms with Crippen LogP contribution < -0.4 is 5.32 Å². The van der Waals surface area contributed by atoms with Gasteiger partial charge in [-0.1, -0.05) is 66.6 Å². The van der Waals surface area contributed by atoms with Crippen molar-refractivity contribution >= 4 is 11.8 Å². The van der Waals surface area contributed by atoms with Crippen molar-refractivity contribution in [1.29, 1.82) is 0 Å². The summed E-state index contributed by atoms with van der Waals surface area (Å²) in [5.74, 6) is -0.156. The van der Waals surface area contributed by atoms with Gasteiger partial charge in [-0.3, -0.25) is 9.59 Å². The number of nitrogens with one attached hydrogen (secondary N) is 1. The van der Waals surface area contributed by atoms with E-state index in [-0.39, 0.29) is 24.3 Å². The van der Waals surface area contributed by atoms with Gasteiger partial charge in [0.25, 0.3) is 0 Å². The SMILES string of the molecule is CC[C@H](C)NC(=O)[C@H](C)N(Cc1ccc(C)cc1)C(=O)Cc1cccc(C)c1. The number of hydrogen-bond donors (Lipinski definition) is 1. The summed E-state index contributed by atoms with van der Waals surface area (Å²) >= 11 is 0. The van der Waals surface area contributed by atoms with E-state index in [9.17, 15) is 9.59 Å². The van der Waals surface area contributed by atoms with E-state index in [0.29, 0.717) is 6.54 Å². The van der Waals surface area contributed by atoms with Gasteiger partial charge in [0.1, 0.15) is 6.04 Å². The van der Waals surface area contributed by atoms with Crippen LogP contribution in [0.1, 0.15) is 49.4 Å². The maximum atomic E-state index is 13.1. The monoisotopic (exact) mass is 380 g/mol. The smallest absolute Gasteiger partial charge is 0.242 e. The highest BCUT2D eigenvalue weighted by atomic mass is 16.2. The highest BCUT2D eigenvalue weighted by Gasteiger charge is 2.26. The van der Waals surface area contributed by atoms with E-state index in [2.05, 4.69) is 5.32 Å². The van der Waals surface area contributed by atoms with E-state index in [1.54, 1.807) is 11.8 Å². The number of rotatable bonds is 8. The van der Waals surface area contributed by atoms with E-state index < -0.39 is 6.04 Å². The van der Waals surface area contributed by atoms with E-state index in [0.717, 1.165) is 23.1 Å². The first-order chi connectivity index (χ1) is 13.3. The van der Waals surface area contributed by atoms with Gasteiger partial charge in [-0.05, 0) is 45.2 Å². The molecule has 0 heterocycles. The molecule has 2 rings (SSSR count). The molecular weight excluding hydrogens is 348 g/mol. The Labute approximate surface area is 169 Å². The summed E-state index contributed by atoms with van der Waals surface area (Å²) in [7, 11) is 0. The Kier molecular flexibility index (Phi) is 7.80. The fraction of sp³-hybridized carbons (Fsp3) is 0.417. The molecule has 0 aromatic heterocycles. The zero-order valence-electron chi connectivity index (χ0n) is 17.7. The zero-order chi connectivity index (χ0) is 20.7. The third-order valence-electron chi connectivity index (χ3n) is 5.08. The van der Waals surface area contributed by atoms with Crippen molar-refractivity contribution in [2.24, 2.45) is 0 Å². The molecule has 0 saturated heterocycles. The van der Waals surface area contributed by atoms with Gasteiger partial charge in [0.05, 0.1) is 6.42 Å². The first-order valence-electron chi connectivity index (χ1n) is 10.0. The number of carbonyl (C=O) groups is 2. The molecule has 4 heteroatoms. The molecule has 150 valence electrons. The van der Waals surface area contributed by atoms with Crippen molar-refractivity contribution in [3.05, 3.63) is 70.8 Å². The molecule has 0 aliphatic rings. The number of aryl methyl sites for hydroxylation is 2.